The van der Waals surface area contributed by atoms with Gasteiger partial charge in [-0.3, -0.25) is 14.5 Å². The quantitative estimate of drug-likeness (QED) is 0.692. The lowest BCUT2D eigenvalue weighted by Crippen LogP contribution is -2.25. The van der Waals surface area contributed by atoms with Gasteiger partial charge in [-0.2, -0.15) is 5.10 Å². The number of rotatable bonds is 6. The minimum atomic E-state index is -0.0207. The van der Waals surface area contributed by atoms with Gasteiger partial charge in [-0.25, -0.2) is 0 Å². The zero-order chi connectivity index (χ0) is 19.7. The molecule has 1 N–H and O–H groups in total. The first-order valence-corrected chi connectivity index (χ1v) is 9.91. The summed E-state index contributed by atoms with van der Waals surface area (Å²) in [7, 11) is 0. The van der Waals surface area contributed by atoms with E-state index in [1.54, 1.807) is 0 Å². The summed E-state index contributed by atoms with van der Waals surface area (Å²) in [6, 6.07) is 12.4. The van der Waals surface area contributed by atoms with Gasteiger partial charge in [0.2, 0.25) is 0 Å². The molecule has 4 rings (SSSR count). The first-order valence-electron chi connectivity index (χ1n) is 9.91. The van der Waals surface area contributed by atoms with E-state index >= 15 is 0 Å². The number of pyridine rings is 1. The summed E-state index contributed by atoms with van der Waals surface area (Å²) in [4.78, 5) is 17.3. The Morgan fingerprint density at radius 3 is 2.64 bits per heavy atom. The highest BCUT2D eigenvalue weighted by molar-refractivity contribution is 5.97. The van der Waals surface area contributed by atoms with E-state index in [-0.39, 0.29) is 5.91 Å². The Balaban J connectivity index is 1.78. The third-order valence-electron chi connectivity index (χ3n) is 4.87. The maximum atomic E-state index is 12.8. The SMILES string of the molecule is Cc1ccc(-c2cc(C(=O)NC3CC3)cc(-c3ccnn3CC(C)C)c2)nc1. The molecule has 0 radical (unpaired) electrons. The van der Waals surface area contributed by atoms with E-state index < -0.39 is 0 Å². The van der Waals surface area contributed by atoms with E-state index in [0.29, 0.717) is 17.5 Å². The lowest BCUT2D eigenvalue weighted by atomic mass is 10.00. The van der Waals surface area contributed by atoms with Crippen molar-refractivity contribution in [1.29, 1.82) is 0 Å². The summed E-state index contributed by atoms with van der Waals surface area (Å²) >= 11 is 0. The van der Waals surface area contributed by atoms with Gasteiger partial charge in [-0.1, -0.05) is 19.9 Å². The molecule has 0 spiro atoms. The van der Waals surface area contributed by atoms with Crippen molar-refractivity contribution in [2.24, 2.45) is 5.92 Å². The Morgan fingerprint density at radius 1 is 1.18 bits per heavy atom. The van der Waals surface area contributed by atoms with Crippen molar-refractivity contribution in [3.8, 4) is 22.5 Å². The summed E-state index contributed by atoms with van der Waals surface area (Å²) < 4.78 is 2.01. The van der Waals surface area contributed by atoms with Gasteiger partial charge in [0.15, 0.2) is 0 Å². The molecule has 28 heavy (non-hydrogen) atoms. The van der Waals surface area contributed by atoms with E-state index in [2.05, 4.69) is 35.3 Å². The predicted octanol–water partition coefficient (Wildman–Crippen LogP) is 4.47. The van der Waals surface area contributed by atoms with Crippen LogP contribution in [0.2, 0.25) is 0 Å². The molecule has 0 unspecified atom stereocenters. The van der Waals surface area contributed by atoms with Gasteiger partial charge in [-0.15, -0.1) is 0 Å². The third kappa shape index (κ3) is 4.14. The maximum Gasteiger partial charge on any atom is 0.251 e. The molecule has 1 saturated carbocycles. The number of carbonyl (C=O) groups excluding carboxylic acids is 1. The molecule has 2 heterocycles. The molecule has 0 saturated heterocycles. The molecule has 0 atom stereocenters. The fourth-order valence-electron chi connectivity index (χ4n) is 3.26. The molecule has 0 bridgehead atoms. The lowest BCUT2D eigenvalue weighted by molar-refractivity contribution is 0.0951. The predicted molar refractivity (Wildman–Crippen MR) is 111 cm³/mol. The van der Waals surface area contributed by atoms with Crippen LogP contribution in [0.4, 0.5) is 0 Å². The van der Waals surface area contributed by atoms with Crippen molar-refractivity contribution in [3.05, 3.63) is 59.9 Å². The van der Waals surface area contributed by atoms with Gasteiger partial charge in [0.25, 0.3) is 5.91 Å². The number of amides is 1. The number of hydrogen-bond donors (Lipinski definition) is 1. The number of carbonyl (C=O) groups is 1. The van der Waals surface area contributed by atoms with Gasteiger partial charge in [0.1, 0.15) is 0 Å². The van der Waals surface area contributed by atoms with E-state index in [9.17, 15) is 4.79 Å². The van der Waals surface area contributed by atoms with E-state index in [1.165, 1.54) is 0 Å². The second-order valence-corrected chi connectivity index (χ2v) is 8.06. The average molecular weight is 374 g/mol. The van der Waals surface area contributed by atoms with Crippen molar-refractivity contribution in [1.82, 2.24) is 20.1 Å². The van der Waals surface area contributed by atoms with Crippen LogP contribution in [0.15, 0.2) is 48.8 Å². The Morgan fingerprint density at radius 2 is 1.96 bits per heavy atom. The molecule has 2 aromatic heterocycles. The monoisotopic (exact) mass is 374 g/mol. The van der Waals surface area contributed by atoms with Gasteiger partial charge < -0.3 is 5.32 Å². The van der Waals surface area contributed by atoms with Crippen molar-refractivity contribution in [2.75, 3.05) is 0 Å². The first-order chi connectivity index (χ1) is 13.5. The number of aryl methyl sites for hydroxylation is 1. The second-order valence-electron chi connectivity index (χ2n) is 8.06. The van der Waals surface area contributed by atoms with Crippen molar-refractivity contribution in [2.45, 2.75) is 46.2 Å². The van der Waals surface area contributed by atoms with Crippen LogP contribution in [0.3, 0.4) is 0 Å². The standard InChI is InChI=1S/C23H26N4O/c1-15(2)14-27-22(8-9-25-27)18-10-17(21-7-4-16(3)13-24-21)11-19(12-18)23(28)26-20-5-6-20/h4,7-13,15,20H,5-6,14H2,1-3H3,(H,26,28). The highest BCUT2D eigenvalue weighted by Gasteiger charge is 2.24. The van der Waals surface area contributed by atoms with E-state index in [0.717, 1.165) is 47.5 Å². The average Bonchev–Trinajstić information content (AvgIpc) is 3.37. The van der Waals surface area contributed by atoms with Gasteiger partial charge in [0.05, 0.1) is 11.4 Å². The molecule has 1 aliphatic rings. The molecule has 5 heteroatoms. The Kier molecular flexibility index (Phi) is 4.99. The largest absolute Gasteiger partial charge is 0.349 e. The van der Waals surface area contributed by atoms with Crippen LogP contribution in [0.5, 0.6) is 0 Å². The molecule has 1 aliphatic carbocycles. The van der Waals surface area contributed by atoms with E-state index in [4.69, 9.17) is 0 Å². The molecule has 5 nitrogen and oxygen atoms in total. The van der Waals surface area contributed by atoms with Crippen LogP contribution in [0.1, 0.15) is 42.6 Å². The minimum absolute atomic E-state index is 0.0207. The first kappa shape index (κ1) is 18.4. The fourth-order valence-corrected chi connectivity index (χ4v) is 3.26. The topological polar surface area (TPSA) is 59.8 Å². The van der Waals surface area contributed by atoms with Crippen LogP contribution in [0, 0.1) is 12.8 Å². The molecule has 1 fully saturated rings. The van der Waals surface area contributed by atoms with Crippen LogP contribution < -0.4 is 5.32 Å². The molecule has 0 aliphatic heterocycles. The molecule has 144 valence electrons. The fraction of sp³-hybridized carbons (Fsp3) is 0.348. The zero-order valence-electron chi connectivity index (χ0n) is 16.6. The van der Waals surface area contributed by atoms with Crippen LogP contribution in [-0.2, 0) is 6.54 Å². The third-order valence-corrected chi connectivity index (χ3v) is 4.87. The number of nitrogens with one attached hydrogen (secondary N) is 1. The number of benzene rings is 1. The number of nitrogens with zero attached hydrogens (tertiary/aromatic N) is 3. The van der Waals surface area contributed by atoms with E-state index in [1.807, 2.05) is 54.3 Å². The molecular weight excluding hydrogens is 348 g/mol. The Bertz CT molecular complexity index is 984. The summed E-state index contributed by atoms with van der Waals surface area (Å²) in [6.07, 6.45) is 5.81. The second kappa shape index (κ2) is 7.58. The molecule has 3 aromatic rings. The highest BCUT2D eigenvalue weighted by Crippen LogP contribution is 2.29. The van der Waals surface area contributed by atoms with Gasteiger partial charge in [-0.05, 0) is 61.6 Å². The molecular formula is C23H26N4O. The summed E-state index contributed by atoms with van der Waals surface area (Å²) in [5.41, 5.74) is 5.58. The summed E-state index contributed by atoms with van der Waals surface area (Å²) in [5, 5.41) is 7.58. The van der Waals surface area contributed by atoms with Crippen LogP contribution in [-0.4, -0.2) is 26.7 Å². The maximum absolute atomic E-state index is 12.8. The molecule has 1 aromatic carbocycles. The van der Waals surface area contributed by atoms with Crippen LogP contribution >= 0.6 is 0 Å². The Hall–Kier alpha value is -2.95. The highest BCUT2D eigenvalue weighted by atomic mass is 16.1. The Labute approximate surface area is 165 Å². The van der Waals surface area contributed by atoms with Crippen molar-refractivity contribution in [3.63, 3.8) is 0 Å². The molecule has 1 amide bonds. The van der Waals surface area contributed by atoms with Crippen LogP contribution in [0.25, 0.3) is 22.5 Å². The zero-order valence-corrected chi connectivity index (χ0v) is 16.6. The number of aromatic nitrogens is 3. The normalized spacial score (nSPS) is 13.7. The van der Waals surface area contributed by atoms with Gasteiger partial charge in [0, 0.05) is 41.7 Å². The van der Waals surface area contributed by atoms with Crippen molar-refractivity contribution >= 4 is 5.91 Å². The smallest absolute Gasteiger partial charge is 0.251 e. The summed E-state index contributed by atoms with van der Waals surface area (Å²) in [6.45, 7) is 7.20. The summed E-state index contributed by atoms with van der Waals surface area (Å²) in [5.74, 6) is 0.464. The number of hydrogen-bond acceptors (Lipinski definition) is 3. The van der Waals surface area contributed by atoms with Gasteiger partial charge >= 0.3 is 0 Å². The minimum Gasteiger partial charge on any atom is -0.349 e. The lowest BCUT2D eigenvalue weighted by Gasteiger charge is -2.13. The van der Waals surface area contributed by atoms with Crippen molar-refractivity contribution < 1.29 is 4.79 Å².